The molecule has 0 aromatic heterocycles. The van der Waals surface area contributed by atoms with Gasteiger partial charge in [-0.2, -0.15) is 0 Å². The fraction of sp³-hybridized carbons (Fsp3) is 0.278. The summed E-state index contributed by atoms with van der Waals surface area (Å²) in [4.78, 5) is 12.5. The molecule has 0 bridgehead atoms. The number of nitrogens with two attached hydrogens (primary N) is 1. The van der Waals surface area contributed by atoms with Crippen molar-refractivity contribution in [3.8, 4) is 0 Å². The molecule has 2 aromatic rings. The van der Waals surface area contributed by atoms with Gasteiger partial charge in [0.1, 0.15) is 6.10 Å². The molecule has 5 heteroatoms. The molecule has 0 saturated carbocycles. The van der Waals surface area contributed by atoms with E-state index in [4.69, 9.17) is 5.73 Å². The summed E-state index contributed by atoms with van der Waals surface area (Å²) in [6.07, 6.45) is -1.57. The second-order valence-electron chi connectivity index (χ2n) is 5.45. The molecule has 5 N–H and O–H groups in total. The Kier molecular flexibility index (Phi) is 5.87. The minimum absolute atomic E-state index is 0.207. The minimum Gasteiger partial charge on any atom is -0.398 e. The van der Waals surface area contributed by atoms with E-state index >= 15 is 0 Å². The van der Waals surface area contributed by atoms with Crippen LogP contribution >= 0.6 is 0 Å². The van der Waals surface area contributed by atoms with Crippen LogP contribution in [0.4, 0.5) is 5.69 Å². The van der Waals surface area contributed by atoms with Gasteiger partial charge in [0.15, 0.2) is 5.78 Å². The molecule has 0 saturated heterocycles. The van der Waals surface area contributed by atoms with Crippen molar-refractivity contribution in [1.29, 1.82) is 0 Å². The summed E-state index contributed by atoms with van der Waals surface area (Å²) < 4.78 is 0. The van der Waals surface area contributed by atoms with Crippen molar-refractivity contribution >= 4 is 11.5 Å². The summed E-state index contributed by atoms with van der Waals surface area (Å²) in [5, 5.41) is 23.2. The summed E-state index contributed by atoms with van der Waals surface area (Å²) >= 11 is 0. The zero-order chi connectivity index (χ0) is 16.8. The number of aliphatic hydroxyl groups excluding tert-OH is 2. The molecule has 0 aliphatic carbocycles. The first-order valence-corrected chi connectivity index (χ1v) is 7.54. The van der Waals surface area contributed by atoms with Gasteiger partial charge in [0, 0.05) is 16.8 Å². The van der Waals surface area contributed by atoms with Crippen LogP contribution in [-0.2, 0) is 0 Å². The number of hydrogen-bond donors (Lipinski definition) is 4. The van der Waals surface area contributed by atoms with Crippen molar-refractivity contribution in [2.24, 2.45) is 0 Å². The van der Waals surface area contributed by atoms with Gasteiger partial charge in [-0.15, -0.1) is 0 Å². The predicted molar refractivity (Wildman–Crippen MR) is 90.2 cm³/mol. The van der Waals surface area contributed by atoms with Crippen LogP contribution in [0.15, 0.2) is 48.5 Å². The third-order valence-electron chi connectivity index (χ3n) is 3.75. The summed E-state index contributed by atoms with van der Waals surface area (Å²) in [5.41, 5.74) is 7.59. The number of carbonyl (C=O) groups excluding carboxylic acids is 1. The maximum absolute atomic E-state index is 12.5. The van der Waals surface area contributed by atoms with E-state index < -0.39 is 12.2 Å². The maximum atomic E-state index is 12.5. The fourth-order valence-corrected chi connectivity index (χ4v) is 2.37. The van der Waals surface area contributed by atoms with Crippen LogP contribution in [-0.4, -0.2) is 35.7 Å². The molecule has 2 unspecified atom stereocenters. The Labute approximate surface area is 135 Å². The summed E-state index contributed by atoms with van der Waals surface area (Å²) in [6.45, 7) is 0.586. The molecule has 0 heterocycles. The van der Waals surface area contributed by atoms with Crippen molar-refractivity contribution in [2.45, 2.75) is 18.6 Å². The normalized spacial score (nSPS) is 13.5. The van der Waals surface area contributed by atoms with E-state index in [1.54, 1.807) is 49.5 Å². The Bertz CT molecular complexity index is 659. The van der Waals surface area contributed by atoms with Gasteiger partial charge in [-0.3, -0.25) is 4.79 Å². The second-order valence-corrected chi connectivity index (χ2v) is 5.45. The fourth-order valence-electron chi connectivity index (χ4n) is 2.37. The van der Waals surface area contributed by atoms with Crippen LogP contribution in [0.3, 0.4) is 0 Å². The van der Waals surface area contributed by atoms with Crippen molar-refractivity contribution in [3.05, 3.63) is 65.2 Å². The van der Waals surface area contributed by atoms with Crippen molar-refractivity contribution < 1.29 is 15.0 Å². The molecule has 2 aromatic carbocycles. The average molecular weight is 314 g/mol. The molecule has 0 amide bonds. The largest absolute Gasteiger partial charge is 0.398 e. The van der Waals surface area contributed by atoms with Gasteiger partial charge in [0.05, 0.1) is 6.10 Å². The third-order valence-corrected chi connectivity index (χ3v) is 3.75. The van der Waals surface area contributed by atoms with Gasteiger partial charge in [0.2, 0.25) is 0 Å². The Balaban J connectivity index is 2.27. The van der Waals surface area contributed by atoms with Gasteiger partial charge < -0.3 is 21.3 Å². The topological polar surface area (TPSA) is 95.6 Å². The van der Waals surface area contributed by atoms with E-state index in [-0.39, 0.29) is 5.78 Å². The quantitative estimate of drug-likeness (QED) is 0.459. The number of anilines is 1. The standard InChI is InChI=1S/C18H22N2O3/c1-20-10-9-16(21)18(23)13-7-8-15(19)14(11-13)17(22)12-5-3-2-4-6-12/h2-8,11,16,18,20-21,23H,9-10,19H2,1H3. The summed E-state index contributed by atoms with van der Waals surface area (Å²) in [7, 11) is 1.78. The Morgan fingerprint density at radius 1 is 1.17 bits per heavy atom. The van der Waals surface area contributed by atoms with Gasteiger partial charge in [0.25, 0.3) is 0 Å². The number of ketones is 1. The smallest absolute Gasteiger partial charge is 0.195 e. The first-order valence-electron chi connectivity index (χ1n) is 7.54. The molecule has 2 rings (SSSR count). The highest BCUT2D eigenvalue weighted by Crippen LogP contribution is 2.25. The summed E-state index contributed by atoms with van der Waals surface area (Å²) in [6, 6.07) is 13.6. The van der Waals surface area contributed by atoms with Gasteiger partial charge >= 0.3 is 0 Å². The van der Waals surface area contributed by atoms with Crippen molar-refractivity contribution in [3.63, 3.8) is 0 Å². The molecule has 0 aliphatic heterocycles. The van der Waals surface area contributed by atoms with Crippen LogP contribution in [0, 0.1) is 0 Å². The van der Waals surface area contributed by atoms with Crippen LogP contribution in [0.25, 0.3) is 0 Å². The molecular weight excluding hydrogens is 292 g/mol. The van der Waals surface area contributed by atoms with E-state index in [0.717, 1.165) is 0 Å². The number of carbonyl (C=O) groups is 1. The van der Waals surface area contributed by atoms with E-state index in [9.17, 15) is 15.0 Å². The maximum Gasteiger partial charge on any atom is 0.195 e. The number of nitrogens with one attached hydrogen (secondary N) is 1. The highest BCUT2D eigenvalue weighted by Gasteiger charge is 2.20. The molecule has 122 valence electrons. The lowest BCUT2D eigenvalue weighted by Gasteiger charge is -2.19. The highest BCUT2D eigenvalue weighted by molar-refractivity contribution is 6.12. The lowest BCUT2D eigenvalue weighted by atomic mass is 9.95. The Hall–Kier alpha value is -2.21. The molecule has 2 atom stereocenters. The van der Waals surface area contributed by atoms with E-state index in [2.05, 4.69) is 5.32 Å². The zero-order valence-electron chi connectivity index (χ0n) is 13.1. The predicted octanol–water partition coefficient (Wildman–Crippen LogP) is 1.50. The van der Waals surface area contributed by atoms with Crippen LogP contribution in [0.5, 0.6) is 0 Å². The number of benzene rings is 2. The molecule has 0 fully saturated rings. The number of hydrogen-bond acceptors (Lipinski definition) is 5. The minimum atomic E-state index is -1.06. The molecule has 0 aliphatic rings. The lowest BCUT2D eigenvalue weighted by molar-refractivity contribution is 0.0140. The second kappa shape index (κ2) is 7.87. The van der Waals surface area contributed by atoms with E-state index in [1.165, 1.54) is 0 Å². The van der Waals surface area contributed by atoms with Gasteiger partial charge in [-0.1, -0.05) is 36.4 Å². The lowest BCUT2D eigenvalue weighted by Crippen LogP contribution is -2.23. The first-order chi connectivity index (χ1) is 11.0. The van der Waals surface area contributed by atoms with Crippen molar-refractivity contribution in [2.75, 3.05) is 19.3 Å². The Morgan fingerprint density at radius 2 is 1.87 bits per heavy atom. The average Bonchev–Trinajstić information content (AvgIpc) is 2.59. The third kappa shape index (κ3) is 4.16. The highest BCUT2D eigenvalue weighted by atomic mass is 16.3. The molecule has 0 radical (unpaired) electrons. The molecule has 0 spiro atoms. The van der Waals surface area contributed by atoms with E-state index in [1.807, 2.05) is 6.07 Å². The number of aliphatic hydroxyl groups is 2. The molecule has 23 heavy (non-hydrogen) atoms. The van der Waals surface area contributed by atoms with Crippen molar-refractivity contribution in [1.82, 2.24) is 5.32 Å². The van der Waals surface area contributed by atoms with Crippen LogP contribution in [0.2, 0.25) is 0 Å². The van der Waals surface area contributed by atoms with Crippen LogP contribution < -0.4 is 11.1 Å². The SMILES string of the molecule is CNCCC(O)C(O)c1ccc(N)c(C(=O)c2ccccc2)c1. The van der Waals surface area contributed by atoms with Crippen LogP contribution in [0.1, 0.15) is 34.0 Å². The monoisotopic (exact) mass is 314 g/mol. The number of nitrogen functional groups attached to an aromatic ring is 1. The Morgan fingerprint density at radius 3 is 2.52 bits per heavy atom. The zero-order valence-corrected chi connectivity index (χ0v) is 13.1. The first kappa shape index (κ1) is 17.1. The van der Waals surface area contributed by atoms with E-state index in [0.29, 0.717) is 35.3 Å². The molecule has 5 nitrogen and oxygen atoms in total. The van der Waals surface area contributed by atoms with Gasteiger partial charge in [-0.05, 0) is 37.7 Å². The molecular formula is C18H22N2O3. The number of rotatable bonds is 7. The summed E-state index contributed by atoms with van der Waals surface area (Å²) in [5.74, 6) is -0.207. The van der Waals surface area contributed by atoms with Gasteiger partial charge in [-0.25, -0.2) is 0 Å².